The highest BCUT2D eigenvalue weighted by molar-refractivity contribution is 9.09. The standard InChI is InChI=1S/C13H18BrNO3/c1-8(7-14)9(2)15-13(17)10-5-4-6-11(18-3)12(10)16/h4-6,8-9,16H,7H2,1-3H3,(H,15,17). The van der Waals surface area contributed by atoms with Gasteiger partial charge in [0.05, 0.1) is 12.7 Å². The van der Waals surface area contributed by atoms with Gasteiger partial charge in [-0.2, -0.15) is 0 Å². The second-order valence-corrected chi connectivity index (χ2v) is 4.90. The van der Waals surface area contributed by atoms with Crippen molar-refractivity contribution in [3.05, 3.63) is 23.8 Å². The summed E-state index contributed by atoms with van der Waals surface area (Å²) in [5, 5.41) is 13.5. The maximum atomic E-state index is 12.0. The first-order chi connectivity index (χ1) is 8.51. The molecule has 1 amide bonds. The van der Waals surface area contributed by atoms with Crippen LogP contribution < -0.4 is 10.1 Å². The third kappa shape index (κ3) is 3.38. The Morgan fingerprint density at radius 1 is 1.50 bits per heavy atom. The monoisotopic (exact) mass is 315 g/mol. The fourth-order valence-corrected chi connectivity index (χ4v) is 1.99. The van der Waals surface area contributed by atoms with Gasteiger partial charge in [-0.05, 0) is 25.0 Å². The number of alkyl halides is 1. The number of aromatic hydroxyl groups is 1. The summed E-state index contributed by atoms with van der Waals surface area (Å²) in [7, 11) is 1.45. The molecule has 0 aliphatic rings. The number of carbonyl (C=O) groups is 1. The fraction of sp³-hybridized carbons (Fsp3) is 0.462. The Bertz CT molecular complexity index is 423. The van der Waals surface area contributed by atoms with E-state index in [0.717, 1.165) is 5.33 Å². The van der Waals surface area contributed by atoms with Gasteiger partial charge < -0.3 is 15.2 Å². The normalized spacial score (nSPS) is 13.8. The van der Waals surface area contributed by atoms with Gasteiger partial charge in [0.2, 0.25) is 0 Å². The lowest BCUT2D eigenvalue weighted by Crippen LogP contribution is -2.37. The van der Waals surface area contributed by atoms with Gasteiger partial charge in [0.25, 0.3) is 5.91 Å². The zero-order chi connectivity index (χ0) is 13.7. The minimum Gasteiger partial charge on any atom is -0.504 e. The van der Waals surface area contributed by atoms with E-state index in [1.165, 1.54) is 7.11 Å². The van der Waals surface area contributed by atoms with Crippen LogP contribution in [-0.2, 0) is 0 Å². The lowest BCUT2D eigenvalue weighted by Gasteiger charge is -2.19. The van der Waals surface area contributed by atoms with Gasteiger partial charge in [-0.3, -0.25) is 4.79 Å². The van der Waals surface area contributed by atoms with E-state index in [2.05, 4.69) is 21.2 Å². The number of para-hydroxylation sites is 1. The number of nitrogens with one attached hydrogen (secondary N) is 1. The van der Waals surface area contributed by atoms with Crippen molar-refractivity contribution >= 4 is 21.8 Å². The van der Waals surface area contributed by atoms with Gasteiger partial charge in [-0.15, -0.1) is 0 Å². The minimum absolute atomic E-state index is 0.0162. The molecule has 0 saturated heterocycles. The minimum atomic E-state index is -0.299. The molecule has 5 heteroatoms. The van der Waals surface area contributed by atoms with Crippen molar-refractivity contribution in [2.45, 2.75) is 19.9 Å². The van der Waals surface area contributed by atoms with Gasteiger partial charge in [0.15, 0.2) is 11.5 Å². The smallest absolute Gasteiger partial charge is 0.255 e. The van der Waals surface area contributed by atoms with Gasteiger partial charge >= 0.3 is 0 Å². The van der Waals surface area contributed by atoms with Crippen LogP contribution in [0.1, 0.15) is 24.2 Å². The Balaban J connectivity index is 2.85. The fourth-order valence-electron chi connectivity index (χ4n) is 1.43. The number of methoxy groups -OCH3 is 1. The number of rotatable bonds is 5. The average Bonchev–Trinajstić information content (AvgIpc) is 2.37. The van der Waals surface area contributed by atoms with E-state index in [-0.39, 0.29) is 23.3 Å². The van der Waals surface area contributed by atoms with E-state index in [1.807, 2.05) is 13.8 Å². The summed E-state index contributed by atoms with van der Waals surface area (Å²) in [5.41, 5.74) is 0.225. The SMILES string of the molecule is COc1cccc(C(=O)NC(C)C(C)CBr)c1O. The summed E-state index contributed by atoms with van der Waals surface area (Å²) >= 11 is 3.38. The topological polar surface area (TPSA) is 58.6 Å². The van der Waals surface area contributed by atoms with E-state index in [9.17, 15) is 9.90 Å². The summed E-state index contributed by atoms with van der Waals surface area (Å²) in [6, 6.07) is 4.86. The van der Waals surface area contributed by atoms with Crippen molar-refractivity contribution < 1.29 is 14.6 Å². The van der Waals surface area contributed by atoms with Crippen LogP contribution in [0.15, 0.2) is 18.2 Å². The zero-order valence-corrected chi connectivity index (χ0v) is 12.3. The average molecular weight is 316 g/mol. The molecule has 2 unspecified atom stereocenters. The van der Waals surface area contributed by atoms with E-state index >= 15 is 0 Å². The van der Waals surface area contributed by atoms with Crippen LogP contribution in [0, 0.1) is 5.92 Å². The van der Waals surface area contributed by atoms with E-state index in [0.29, 0.717) is 11.7 Å². The zero-order valence-electron chi connectivity index (χ0n) is 10.7. The predicted molar refractivity (Wildman–Crippen MR) is 74.5 cm³/mol. The molecule has 0 saturated carbocycles. The molecule has 0 aromatic heterocycles. The predicted octanol–water partition coefficient (Wildman–Crippen LogP) is 2.55. The van der Waals surface area contributed by atoms with Crippen LogP contribution >= 0.6 is 15.9 Å². The molecular formula is C13H18BrNO3. The van der Waals surface area contributed by atoms with Gasteiger partial charge in [-0.25, -0.2) is 0 Å². The number of amides is 1. The molecule has 18 heavy (non-hydrogen) atoms. The highest BCUT2D eigenvalue weighted by Gasteiger charge is 2.18. The van der Waals surface area contributed by atoms with Crippen molar-refractivity contribution in [1.82, 2.24) is 5.32 Å². The van der Waals surface area contributed by atoms with Crippen LogP contribution in [-0.4, -0.2) is 29.5 Å². The van der Waals surface area contributed by atoms with Crippen molar-refractivity contribution in [2.75, 3.05) is 12.4 Å². The number of phenolic OH excluding ortho intramolecular Hbond substituents is 1. The Morgan fingerprint density at radius 3 is 2.72 bits per heavy atom. The van der Waals surface area contributed by atoms with Crippen LogP contribution in [0.5, 0.6) is 11.5 Å². The first-order valence-corrected chi connectivity index (χ1v) is 6.86. The molecule has 0 heterocycles. The third-order valence-corrected chi connectivity index (χ3v) is 3.94. The van der Waals surface area contributed by atoms with E-state index in [1.54, 1.807) is 18.2 Å². The van der Waals surface area contributed by atoms with Crippen LogP contribution in [0.4, 0.5) is 0 Å². The van der Waals surface area contributed by atoms with Gasteiger partial charge in [-0.1, -0.05) is 28.9 Å². The molecule has 4 nitrogen and oxygen atoms in total. The Kier molecular flexibility index (Phi) is 5.47. The molecule has 100 valence electrons. The number of hydrogen-bond acceptors (Lipinski definition) is 3. The maximum absolute atomic E-state index is 12.0. The molecule has 0 aliphatic heterocycles. The Morgan fingerprint density at radius 2 is 2.17 bits per heavy atom. The second kappa shape index (κ2) is 6.64. The molecule has 2 atom stereocenters. The lowest BCUT2D eigenvalue weighted by molar-refractivity contribution is 0.0928. The molecule has 0 radical (unpaired) electrons. The highest BCUT2D eigenvalue weighted by Crippen LogP contribution is 2.29. The largest absolute Gasteiger partial charge is 0.504 e. The van der Waals surface area contributed by atoms with Crippen molar-refractivity contribution in [2.24, 2.45) is 5.92 Å². The molecule has 0 spiro atoms. The Hall–Kier alpha value is -1.23. The summed E-state index contributed by atoms with van der Waals surface area (Å²) in [6.07, 6.45) is 0. The number of phenols is 1. The lowest BCUT2D eigenvalue weighted by atomic mass is 10.1. The number of benzene rings is 1. The molecule has 2 N–H and O–H groups in total. The highest BCUT2D eigenvalue weighted by atomic mass is 79.9. The van der Waals surface area contributed by atoms with Gasteiger partial charge in [0.1, 0.15) is 0 Å². The van der Waals surface area contributed by atoms with Crippen molar-refractivity contribution in [1.29, 1.82) is 0 Å². The molecule has 0 fully saturated rings. The van der Waals surface area contributed by atoms with Crippen LogP contribution in [0.2, 0.25) is 0 Å². The van der Waals surface area contributed by atoms with Gasteiger partial charge in [0, 0.05) is 11.4 Å². The first-order valence-electron chi connectivity index (χ1n) is 5.74. The molecule has 0 bridgehead atoms. The first kappa shape index (κ1) is 14.8. The summed E-state index contributed by atoms with van der Waals surface area (Å²) in [6.45, 7) is 3.96. The molecule has 0 aliphatic carbocycles. The number of halogens is 1. The second-order valence-electron chi connectivity index (χ2n) is 4.25. The van der Waals surface area contributed by atoms with Crippen LogP contribution in [0.3, 0.4) is 0 Å². The van der Waals surface area contributed by atoms with Crippen molar-refractivity contribution in [3.8, 4) is 11.5 Å². The quantitative estimate of drug-likeness (QED) is 0.821. The number of hydrogen-bond donors (Lipinski definition) is 2. The van der Waals surface area contributed by atoms with E-state index < -0.39 is 0 Å². The third-order valence-electron chi connectivity index (χ3n) is 2.92. The summed E-state index contributed by atoms with van der Waals surface area (Å²) in [4.78, 5) is 12.0. The van der Waals surface area contributed by atoms with Crippen molar-refractivity contribution in [3.63, 3.8) is 0 Å². The molecular weight excluding hydrogens is 298 g/mol. The molecule has 1 aromatic carbocycles. The molecule has 1 rings (SSSR count). The number of carbonyl (C=O) groups excluding carboxylic acids is 1. The molecule has 1 aromatic rings. The van der Waals surface area contributed by atoms with E-state index in [4.69, 9.17) is 4.74 Å². The maximum Gasteiger partial charge on any atom is 0.255 e. The summed E-state index contributed by atoms with van der Waals surface area (Å²) in [5.74, 6) is 0.174. The Labute approximate surface area is 115 Å². The number of ether oxygens (including phenoxy) is 1. The summed E-state index contributed by atoms with van der Waals surface area (Å²) < 4.78 is 4.97. The van der Waals surface area contributed by atoms with Crippen LogP contribution in [0.25, 0.3) is 0 Å².